The van der Waals surface area contributed by atoms with Crippen LogP contribution >= 0.6 is 0 Å². The molecule has 1 atom stereocenters. The molecule has 1 unspecified atom stereocenters. The van der Waals surface area contributed by atoms with Gasteiger partial charge in [-0.05, 0) is 55.7 Å². The van der Waals surface area contributed by atoms with Crippen molar-refractivity contribution in [3.63, 3.8) is 0 Å². The standard InChI is InChI=1S/C22H26N2O3/c1-4-16-8-6-7-15(3)21(16)23-22(26)17-13-20(25)24(14-17)18-9-11-19(12-10-18)27-5-2/h6-12,17H,4-5,13-14H2,1-3H3,(H,23,26). The quantitative estimate of drug-likeness (QED) is 0.842. The van der Waals surface area contributed by atoms with Crippen LogP contribution in [0.5, 0.6) is 5.75 Å². The number of hydrogen-bond donors (Lipinski definition) is 1. The number of nitrogens with zero attached hydrogens (tertiary/aromatic N) is 1. The maximum absolute atomic E-state index is 12.8. The fourth-order valence-corrected chi connectivity index (χ4v) is 3.45. The van der Waals surface area contributed by atoms with Gasteiger partial charge in [-0.2, -0.15) is 0 Å². The van der Waals surface area contributed by atoms with Crippen LogP contribution < -0.4 is 15.0 Å². The molecule has 1 aliphatic rings. The Morgan fingerprint density at radius 3 is 2.59 bits per heavy atom. The third kappa shape index (κ3) is 4.13. The predicted octanol–water partition coefficient (Wildman–Crippen LogP) is 3.95. The zero-order valence-corrected chi connectivity index (χ0v) is 16.1. The van der Waals surface area contributed by atoms with Crippen molar-refractivity contribution in [3.05, 3.63) is 53.6 Å². The van der Waals surface area contributed by atoms with Gasteiger partial charge < -0.3 is 15.0 Å². The molecule has 0 aromatic heterocycles. The van der Waals surface area contributed by atoms with Crippen molar-refractivity contribution < 1.29 is 14.3 Å². The molecule has 2 aromatic carbocycles. The first-order valence-corrected chi connectivity index (χ1v) is 9.46. The summed E-state index contributed by atoms with van der Waals surface area (Å²) in [6.45, 7) is 6.98. The van der Waals surface area contributed by atoms with E-state index in [2.05, 4.69) is 12.2 Å². The van der Waals surface area contributed by atoms with Crippen LogP contribution in [0.15, 0.2) is 42.5 Å². The molecule has 142 valence electrons. The first-order valence-electron chi connectivity index (χ1n) is 9.46. The number of carbonyl (C=O) groups excluding carboxylic acids is 2. The summed E-state index contributed by atoms with van der Waals surface area (Å²) in [4.78, 5) is 26.9. The van der Waals surface area contributed by atoms with E-state index in [4.69, 9.17) is 4.74 Å². The Morgan fingerprint density at radius 2 is 1.93 bits per heavy atom. The van der Waals surface area contributed by atoms with Crippen molar-refractivity contribution in [2.45, 2.75) is 33.6 Å². The van der Waals surface area contributed by atoms with Crippen LogP contribution in [0.3, 0.4) is 0 Å². The molecule has 0 bridgehead atoms. The monoisotopic (exact) mass is 366 g/mol. The minimum atomic E-state index is -0.353. The molecule has 2 aromatic rings. The summed E-state index contributed by atoms with van der Waals surface area (Å²) in [5.41, 5.74) is 3.81. The maximum atomic E-state index is 12.8. The van der Waals surface area contributed by atoms with E-state index in [9.17, 15) is 9.59 Å². The molecule has 1 fully saturated rings. The fraction of sp³-hybridized carbons (Fsp3) is 0.364. The summed E-state index contributed by atoms with van der Waals surface area (Å²) in [7, 11) is 0. The van der Waals surface area contributed by atoms with Crippen molar-refractivity contribution in [2.75, 3.05) is 23.4 Å². The lowest BCUT2D eigenvalue weighted by Gasteiger charge is -2.18. The van der Waals surface area contributed by atoms with Gasteiger partial charge in [-0.15, -0.1) is 0 Å². The highest BCUT2D eigenvalue weighted by Gasteiger charge is 2.35. The normalized spacial score (nSPS) is 16.5. The van der Waals surface area contributed by atoms with Crippen molar-refractivity contribution in [1.29, 1.82) is 0 Å². The van der Waals surface area contributed by atoms with Crippen LogP contribution in [0.2, 0.25) is 0 Å². The predicted molar refractivity (Wildman–Crippen MR) is 107 cm³/mol. The summed E-state index contributed by atoms with van der Waals surface area (Å²) in [5.74, 6) is 0.294. The van der Waals surface area contributed by atoms with Crippen LogP contribution in [0, 0.1) is 12.8 Å². The molecule has 1 saturated heterocycles. The second kappa shape index (κ2) is 8.25. The van der Waals surface area contributed by atoms with Crippen molar-refractivity contribution in [3.8, 4) is 5.75 Å². The summed E-state index contributed by atoms with van der Waals surface area (Å²) in [5, 5.41) is 3.05. The number of nitrogens with one attached hydrogen (secondary N) is 1. The van der Waals surface area contributed by atoms with Crippen LogP contribution in [0.25, 0.3) is 0 Å². The summed E-state index contributed by atoms with van der Waals surface area (Å²) >= 11 is 0. The Morgan fingerprint density at radius 1 is 1.19 bits per heavy atom. The largest absolute Gasteiger partial charge is 0.494 e. The second-order valence-corrected chi connectivity index (χ2v) is 6.78. The third-order valence-electron chi connectivity index (χ3n) is 4.94. The Hall–Kier alpha value is -2.82. The average molecular weight is 366 g/mol. The number of para-hydroxylation sites is 1. The van der Waals surface area contributed by atoms with Gasteiger partial charge in [-0.25, -0.2) is 0 Å². The molecule has 0 aliphatic carbocycles. The first-order chi connectivity index (χ1) is 13.0. The molecule has 0 radical (unpaired) electrons. The number of hydrogen-bond acceptors (Lipinski definition) is 3. The summed E-state index contributed by atoms with van der Waals surface area (Å²) in [6, 6.07) is 13.4. The van der Waals surface area contributed by atoms with Gasteiger partial charge in [0.2, 0.25) is 11.8 Å². The van der Waals surface area contributed by atoms with E-state index in [1.165, 1.54) is 0 Å². The number of amides is 2. The molecule has 0 saturated carbocycles. The molecule has 5 nitrogen and oxygen atoms in total. The minimum absolute atomic E-state index is 0.0280. The SMILES string of the molecule is CCOc1ccc(N2CC(C(=O)Nc3c(C)cccc3CC)CC2=O)cc1. The van der Waals surface area contributed by atoms with E-state index in [1.807, 2.05) is 56.3 Å². The number of rotatable bonds is 6. The third-order valence-corrected chi connectivity index (χ3v) is 4.94. The smallest absolute Gasteiger partial charge is 0.229 e. The fourth-order valence-electron chi connectivity index (χ4n) is 3.45. The molecular formula is C22H26N2O3. The van der Waals surface area contributed by atoms with Gasteiger partial charge in [0.15, 0.2) is 0 Å². The van der Waals surface area contributed by atoms with Crippen LogP contribution in [0.4, 0.5) is 11.4 Å². The summed E-state index contributed by atoms with van der Waals surface area (Å²) < 4.78 is 5.44. The molecule has 0 spiro atoms. The molecular weight excluding hydrogens is 340 g/mol. The van der Waals surface area contributed by atoms with Crippen LogP contribution in [-0.4, -0.2) is 25.0 Å². The van der Waals surface area contributed by atoms with Gasteiger partial charge in [-0.3, -0.25) is 9.59 Å². The number of carbonyl (C=O) groups is 2. The van der Waals surface area contributed by atoms with Gasteiger partial charge in [0.1, 0.15) is 5.75 Å². The van der Waals surface area contributed by atoms with Gasteiger partial charge in [-0.1, -0.05) is 25.1 Å². The van der Waals surface area contributed by atoms with Gasteiger partial charge >= 0.3 is 0 Å². The van der Waals surface area contributed by atoms with Crippen molar-refractivity contribution in [1.82, 2.24) is 0 Å². The van der Waals surface area contributed by atoms with Gasteiger partial charge in [0.25, 0.3) is 0 Å². The van der Waals surface area contributed by atoms with E-state index in [0.717, 1.165) is 34.7 Å². The van der Waals surface area contributed by atoms with E-state index >= 15 is 0 Å². The highest BCUT2D eigenvalue weighted by Crippen LogP contribution is 2.29. The number of ether oxygens (including phenoxy) is 1. The number of aryl methyl sites for hydroxylation is 2. The second-order valence-electron chi connectivity index (χ2n) is 6.78. The van der Waals surface area contributed by atoms with E-state index in [0.29, 0.717) is 13.2 Å². The van der Waals surface area contributed by atoms with Crippen LogP contribution in [-0.2, 0) is 16.0 Å². The first kappa shape index (κ1) is 19.0. The lowest BCUT2D eigenvalue weighted by atomic mass is 10.0. The van der Waals surface area contributed by atoms with E-state index in [1.54, 1.807) is 4.90 Å². The maximum Gasteiger partial charge on any atom is 0.229 e. The zero-order valence-electron chi connectivity index (χ0n) is 16.1. The molecule has 1 N–H and O–H groups in total. The zero-order chi connectivity index (χ0) is 19.4. The lowest BCUT2D eigenvalue weighted by Crippen LogP contribution is -2.28. The Kier molecular flexibility index (Phi) is 5.79. The van der Waals surface area contributed by atoms with Crippen molar-refractivity contribution >= 4 is 23.2 Å². The highest BCUT2D eigenvalue weighted by molar-refractivity contribution is 6.04. The topological polar surface area (TPSA) is 58.6 Å². The van der Waals surface area contributed by atoms with E-state index < -0.39 is 0 Å². The average Bonchev–Trinajstić information content (AvgIpc) is 3.06. The Balaban J connectivity index is 1.71. The molecule has 1 heterocycles. The molecule has 5 heteroatoms. The lowest BCUT2D eigenvalue weighted by molar-refractivity contribution is -0.122. The van der Waals surface area contributed by atoms with Crippen molar-refractivity contribution in [2.24, 2.45) is 5.92 Å². The van der Waals surface area contributed by atoms with Gasteiger partial charge in [0, 0.05) is 24.3 Å². The molecule has 27 heavy (non-hydrogen) atoms. The molecule has 3 rings (SSSR count). The summed E-state index contributed by atoms with van der Waals surface area (Å²) in [6.07, 6.45) is 1.07. The molecule has 2 amide bonds. The number of benzene rings is 2. The van der Waals surface area contributed by atoms with Gasteiger partial charge in [0.05, 0.1) is 12.5 Å². The Bertz CT molecular complexity index is 830. The highest BCUT2D eigenvalue weighted by atomic mass is 16.5. The minimum Gasteiger partial charge on any atom is -0.494 e. The van der Waals surface area contributed by atoms with E-state index in [-0.39, 0.29) is 24.2 Å². The Labute approximate surface area is 160 Å². The van der Waals surface area contributed by atoms with Crippen LogP contribution in [0.1, 0.15) is 31.4 Å². The number of anilines is 2. The molecule has 1 aliphatic heterocycles.